The summed E-state index contributed by atoms with van der Waals surface area (Å²) in [4.78, 5) is 24.9. The number of ether oxygens (including phenoxy) is 2. The topological polar surface area (TPSA) is 144 Å². The van der Waals surface area contributed by atoms with Gasteiger partial charge in [0.05, 0.1) is 54.5 Å². The summed E-state index contributed by atoms with van der Waals surface area (Å²) >= 11 is 0. The number of amides is 1. The Morgan fingerprint density at radius 3 is 1.73 bits per heavy atom. The van der Waals surface area contributed by atoms with Crippen LogP contribution in [0, 0.1) is 11.8 Å². The molecule has 0 aliphatic rings. The van der Waals surface area contributed by atoms with E-state index in [0.717, 1.165) is 76.8 Å². The van der Waals surface area contributed by atoms with Crippen LogP contribution in [0.1, 0.15) is 120 Å². The van der Waals surface area contributed by atoms with Crippen molar-refractivity contribution in [1.82, 2.24) is 24.5 Å². The Bertz CT molecular complexity index is 2070. The van der Waals surface area contributed by atoms with E-state index in [4.69, 9.17) is 19.7 Å². The number of carbonyl (C=O) groups excluding carboxylic acids is 1. The molecule has 0 aliphatic heterocycles. The maximum absolute atomic E-state index is 12.6. The highest BCUT2D eigenvalue weighted by molar-refractivity contribution is 5.94. The maximum Gasteiger partial charge on any atom is 0.305 e. The van der Waals surface area contributed by atoms with Crippen molar-refractivity contribution < 1.29 is 29.3 Å². The number of nitrogens with one attached hydrogen (secondary N) is 1. The van der Waals surface area contributed by atoms with Crippen molar-refractivity contribution in [2.45, 2.75) is 99.6 Å². The van der Waals surface area contributed by atoms with Crippen LogP contribution in [0.4, 0.5) is 5.69 Å². The van der Waals surface area contributed by atoms with E-state index in [9.17, 15) is 14.7 Å². The maximum atomic E-state index is 12.6. The van der Waals surface area contributed by atoms with Crippen molar-refractivity contribution in [2.75, 3.05) is 32.1 Å². The first-order valence-corrected chi connectivity index (χ1v) is 20.9. The van der Waals surface area contributed by atoms with Gasteiger partial charge in [-0.1, -0.05) is 53.7 Å². The Morgan fingerprint density at radius 1 is 0.746 bits per heavy atom. The van der Waals surface area contributed by atoms with Crippen LogP contribution in [0.25, 0.3) is 11.4 Å². The average molecular weight is 809 g/mol. The number of hydrogen-bond donors (Lipinski definition) is 3. The molecule has 2 unspecified atom stereocenters. The SMILES string of the molecule is CCOc1cccc(-n2cc(C(CC(C)C)Nc3ccc(C(=O)N(C)CCC(=O)O)cc3)c(CC)n2)c1.CCOc1cccc(-n2cc(C(O)CC(C)C)c(CC)n2)c1. The van der Waals surface area contributed by atoms with Crippen molar-refractivity contribution in [1.29, 1.82) is 0 Å². The van der Waals surface area contributed by atoms with Crippen LogP contribution in [0.5, 0.6) is 11.5 Å². The number of aryl methyl sites for hydroxylation is 2. The molecule has 2 aromatic heterocycles. The minimum atomic E-state index is -0.924. The number of benzene rings is 3. The molecule has 0 radical (unpaired) electrons. The lowest BCUT2D eigenvalue weighted by molar-refractivity contribution is -0.137. The number of aliphatic carboxylic acids is 1. The summed E-state index contributed by atoms with van der Waals surface area (Å²) in [6.45, 7) is 18.2. The predicted molar refractivity (Wildman–Crippen MR) is 234 cm³/mol. The molecule has 1 amide bonds. The molecular weight excluding hydrogens is 745 g/mol. The number of carbonyl (C=O) groups is 2. The van der Waals surface area contributed by atoms with Crippen LogP contribution in [0.2, 0.25) is 0 Å². The minimum absolute atomic E-state index is 0.0403. The molecule has 0 spiro atoms. The summed E-state index contributed by atoms with van der Waals surface area (Å²) in [7, 11) is 1.62. The standard InChI is InChI=1S/C29H38N4O4.C18H26N2O2/c1-6-26-25(19-33(31-26)23-9-8-10-24(18-23)37-7-2)27(17-20(3)4)30-22-13-11-21(12-14-22)29(36)32(5)16-15-28(34)35;1-5-17-16(18(21)10-13(3)4)12-20(19-17)14-8-7-9-15(11-14)22-6-2/h8-14,18-20,27,30H,6-7,15-17H2,1-5H3,(H,34,35);7-9,11-13,18,21H,5-6,10H2,1-4H3. The third kappa shape index (κ3) is 13.5. The number of aromatic nitrogens is 4. The van der Waals surface area contributed by atoms with Gasteiger partial charge in [-0.15, -0.1) is 0 Å². The lowest BCUT2D eigenvalue weighted by Gasteiger charge is -2.22. The Hall–Kier alpha value is -5.62. The summed E-state index contributed by atoms with van der Waals surface area (Å²) in [5.41, 5.74) is 7.39. The first kappa shape index (κ1) is 46.1. The molecule has 12 nitrogen and oxygen atoms in total. The largest absolute Gasteiger partial charge is 0.494 e. The molecule has 318 valence electrons. The zero-order valence-electron chi connectivity index (χ0n) is 36.3. The van der Waals surface area contributed by atoms with Gasteiger partial charge in [0.25, 0.3) is 5.91 Å². The Balaban J connectivity index is 0.000000297. The lowest BCUT2D eigenvalue weighted by Crippen LogP contribution is -2.29. The Labute approximate surface area is 350 Å². The molecule has 5 rings (SSSR count). The molecule has 0 saturated heterocycles. The second-order valence-electron chi connectivity index (χ2n) is 15.4. The van der Waals surface area contributed by atoms with Gasteiger partial charge in [0.1, 0.15) is 11.5 Å². The van der Waals surface area contributed by atoms with Crippen molar-refractivity contribution in [3.63, 3.8) is 0 Å². The fraction of sp³-hybridized carbons (Fsp3) is 0.447. The molecule has 0 bridgehead atoms. The van der Waals surface area contributed by atoms with Crippen LogP contribution >= 0.6 is 0 Å². The van der Waals surface area contributed by atoms with Crippen molar-refractivity contribution >= 4 is 17.6 Å². The van der Waals surface area contributed by atoms with Crippen molar-refractivity contribution in [2.24, 2.45) is 11.8 Å². The molecule has 5 aromatic rings. The quantitative estimate of drug-likeness (QED) is 0.0701. The van der Waals surface area contributed by atoms with E-state index < -0.39 is 12.1 Å². The first-order chi connectivity index (χ1) is 28.3. The zero-order chi connectivity index (χ0) is 43.1. The van der Waals surface area contributed by atoms with E-state index in [-0.39, 0.29) is 24.9 Å². The Kier molecular flexibility index (Phi) is 17.6. The molecule has 2 atom stereocenters. The number of aliphatic hydroxyl groups is 1. The summed E-state index contributed by atoms with van der Waals surface area (Å²) in [5, 5.41) is 32.5. The van der Waals surface area contributed by atoms with E-state index in [1.807, 2.05) is 90.1 Å². The number of hydrogen-bond acceptors (Lipinski definition) is 8. The van der Waals surface area contributed by atoms with E-state index >= 15 is 0 Å². The number of carboxylic acids is 1. The molecule has 0 saturated carbocycles. The number of rotatable bonds is 20. The summed E-state index contributed by atoms with van der Waals surface area (Å²) < 4.78 is 15.0. The van der Waals surface area contributed by atoms with Gasteiger partial charge >= 0.3 is 5.97 Å². The second kappa shape index (κ2) is 22.5. The highest BCUT2D eigenvalue weighted by Crippen LogP contribution is 2.31. The fourth-order valence-corrected chi connectivity index (χ4v) is 6.80. The summed E-state index contributed by atoms with van der Waals surface area (Å²) in [6.07, 6.45) is 6.77. The van der Waals surface area contributed by atoms with Gasteiger partial charge in [0.15, 0.2) is 0 Å². The fourth-order valence-electron chi connectivity index (χ4n) is 6.80. The van der Waals surface area contributed by atoms with Gasteiger partial charge in [-0.05, 0) is 99.9 Å². The Morgan fingerprint density at radius 2 is 1.25 bits per heavy atom. The molecular formula is C47H64N6O6. The molecule has 3 N–H and O–H groups in total. The zero-order valence-corrected chi connectivity index (χ0v) is 36.3. The third-order valence-electron chi connectivity index (χ3n) is 9.72. The number of aliphatic hydroxyl groups excluding tert-OH is 1. The van der Waals surface area contributed by atoms with Crippen LogP contribution in [-0.2, 0) is 17.6 Å². The van der Waals surface area contributed by atoms with Crippen LogP contribution < -0.4 is 14.8 Å². The molecule has 3 aromatic carbocycles. The van der Waals surface area contributed by atoms with Gasteiger partial charge < -0.3 is 29.9 Å². The van der Waals surface area contributed by atoms with Crippen LogP contribution in [0.15, 0.2) is 85.2 Å². The van der Waals surface area contributed by atoms with Gasteiger partial charge in [0.2, 0.25) is 0 Å². The molecule has 12 heteroatoms. The molecule has 0 fully saturated rings. The normalized spacial score (nSPS) is 12.1. The van der Waals surface area contributed by atoms with E-state index in [2.05, 4.69) is 58.2 Å². The van der Waals surface area contributed by atoms with Crippen LogP contribution in [-0.4, -0.2) is 73.4 Å². The minimum Gasteiger partial charge on any atom is -0.494 e. The third-order valence-corrected chi connectivity index (χ3v) is 9.72. The summed E-state index contributed by atoms with van der Waals surface area (Å²) in [6, 6.07) is 23.2. The highest BCUT2D eigenvalue weighted by atomic mass is 16.5. The number of nitrogens with zero attached hydrogens (tertiary/aromatic N) is 5. The van der Waals surface area contributed by atoms with Gasteiger partial charge in [-0.2, -0.15) is 10.2 Å². The smallest absolute Gasteiger partial charge is 0.305 e. The highest BCUT2D eigenvalue weighted by Gasteiger charge is 2.22. The van der Waals surface area contributed by atoms with Gasteiger partial charge in [-0.25, -0.2) is 9.36 Å². The van der Waals surface area contributed by atoms with Crippen molar-refractivity contribution in [3.8, 4) is 22.9 Å². The van der Waals surface area contributed by atoms with E-state index in [0.29, 0.717) is 30.6 Å². The van der Waals surface area contributed by atoms with Crippen LogP contribution in [0.3, 0.4) is 0 Å². The van der Waals surface area contributed by atoms with E-state index in [1.54, 1.807) is 19.2 Å². The first-order valence-electron chi connectivity index (χ1n) is 20.9. The van der Waals surface area contributed by atoms with Crippen molar-refractivity contribution in [3.05, 3.63) is 113 Å². The predicted octanol–water partition coefficient (Wildman–Crippen LogP) is 9.49. The lowest BCUT2D eigenvalue weighted by atomic mass is 9.96. The monoisotopic (exact) mass is 808 g/mol. The summed E-state index contributed by atoms with van der Waals surface area (Å²) in [5.74, 6) is 1.43. The molecule has 59 heavy (non-hydrogen) atoms. The number of carboxylic acid groups (broad SMARTS) is 1. The van der Waals surface area contributed by atoms with Gasteiger partial charge in [0, 0.05) is 60.5 Å². The number of anilines is 1. The molecule has 0 aliphatic carbocycles. The van der Waals surface area contributed by atoms with Gasteiger partial charge in [-0.3, -0.25) is 9.59 Å². The van der Waals surface area contributed by atoms with E-state index in [1.165, 1.54) is 4.90 Å². The average Bonchev–Trinajstić information content (AvgIpc) is 3.86. The molecule has 2 heterocycles. The second-order valence-corrected chi connectivity index (χ2v) is 15.4.